The second-order valence-electron chi connectivity index (χ2n) is 14.0. The normalized spacial score (nSPS) is 14.1. The maximum Gasteiger partial charge on any atom is 0.303 e. The van der Waals surface area contributed by atoms with Crippen molar-refractivity contribution in [2.45, 2.75) is 128 Å². The summed E-state index contributed by atoms with van der Waals surface area (Å²) < 4.78 is 35.4. The van der Waals surface area contributed by atoms with Crippen molar-refractivity contribution >= 4 is 27.0 Å². The number of allylic oxidation sites excluding steroid dienone is 2. The lowest BCUT2D eigenvalue weighted by molar-refractivity contribution is -0.137. The van der Waals surface area contributed by atoms with Gasteiger partial charge in [0.05, 0.1) is 22.8 Å². The minimum atomic E-state index is -3.70. The van der Waals surface area contributed by atoms with E-state index in [9.17, 15) is 18.0 Å². The first-order valence-corrected chi connectivity index (χ1v) is 21.3. The Kier molecular flexibility index (Phi) is 19.3. The first-order valence-electron chi connectivity index (χ1n) is 19.8. The molecule has 0 bridgehead atoms. The smallest absolute Gasteiger partial charge is 0.303 e. The van der Waals surface area contributed by atoms with E-state index in [0.717, 1.165) is 25.0 Å². The van der Waals surface area contributed by atoms with Crippen LogP contribution >= 0.6 is 0 Å². The van der Waals surface area contributed by atoms with E-state index in [2.05, 4.69) is 34.1 Å². The van der Waals surface area contributed by atoms with E-state index in [-0.39, 0.29) is 16.3 Å². The van der Waals surface area contributed by atoms with Crippen LogP contribution in [0.15, 0.2) is 40.0 Å². The summed E-state index contributed by atoms with van der Waals surface area (Å²) in [5, 5.41) is 13.0. The maximum atomic E-state index is 13.3. The topological polar surface area (TPSA) is 151 Å². The highest BCUT2D eigenvalue weighted by atomic mass is 32.2. The Bertz CT molecular complexity index is 1740. The van der Waals surface area contributed by atoms with Crippen LogP contribution in [0, 0.1) is 0 Å². The molecule has 0 saturated carbocycles. The quantitative estimate of drug-likeness (QED) is 0.0776. The molecule has 0 spiro atoms. The number of aromatic amines is 1. The third-order valence-electron chi connectivity index (χ3n) is 9.51. The van der Waals surface area contributed by atoms with Gasteiger partial charge in [-0.25, -0.2) is 13.4 Å². The largest absolute Gasteiger partial charge is 0.493 e. The number of aromatic nitrogens is 4. The summed E-state index contributed by atoms with van der Waals surface area (Å²) >= 11 is 0. The van der Waals surface area contributed by atoms with Crippen molar-refractivity contribution in [1.29, 1.82) is 0 Å². The number of ether oxygens (including phenoxy) is 1. The van der Waals surface area contributed by atoms with Crippen molar-refractivity contribution in [3.05, 3.63) is 46.4 Å². The van der Waals surface area contributed by atoms with Gasteiger partial charge in [0, 0.05) is 39.6 Å². The van der Waals surface area contributed by atoms with Gasteiger partial charge in [-0.2, -0.15) is 9.40 Å². The molecule has 0 radical (unpaired) electrons. The molecule has 0 amide bonds. The molecule has 1 aliphatic rings. The maximum absolute atomic E-state index is 13.3. The molecule has 1 fully saturated rings. The number of aliphatic carboxylic acids is 1. The number of H-pyrrole nitrogens is 1. The van der Waals surface area contributed by atoms with Crippen molar-refractivity contribution < 1.29 is 23.1 Å². The molecule has 4 rings (SSSR count). The minimum Gasteiger partial charge on any atom is -0.493 e. The molecule has 2 aromatic heterocycles. The van der Waals surface area contributed by atoms with E-state index in [1.165, 1.54) is 79.6 Å². The third-order valence-corrected chi connectivity index (χ3v) is 11.4. The summed E-state index contributed by atoms with van der Waals surface area (Å²) in [5.41, 5.74) is 1.75. The van der Waals surface area contributed by atoms with Crippen LogP contribution in [-0.2, 0) is 28.3 Å². The molecular weight excluding hydrogens is 693 g/mol. The molecule has 12 nitrogen and oxygen atoms in total. The average Bonchev–Trinajstić information content (AvgIpc) is 3.45. The van der Waals surface area contributed by atoms with Crippen molar-refractivity contribution in [3.8, 4) is 17.1 Å². The Morgan fingerprint density at radius 2 is 1.51 bits per heavy atom. The minimum absolute atomic E-state index is 0.147. The van der Waals surface area contributed by atoms with Gasteiger partial charge in [0.25, 0.3) is 5.56 Å². The number of aryl methyl sites for hydroxylation is 2. The van der Waals surface area contributed by atoms with Crippen molar-refractivity contribution in [1.82, 2.24) is 29.0 Å². The highest BCUT2D eigenvalue weighted by molar-refractivity contribution is 7.89. The molecular formula is C40H64N6O6S. The van der Waals surface area contributed by atoms with Gasteiger partial charge in [-0.15, -0.1) is 0 Å². The van der Waals surface area contributed by atoms with E-state index >= 15 is 0 Å². The fraction of sp³-hybridized carbons (Fsp3) is 0.650. The summed E-state index contributed by atoms with van der Waals surface area (Å²) in [5.74, 6) is 0.0533. The van der Waals surface area contributed by atoms with Gasteiger partial charge in [0.15, 0.2) is 5.52 Å². The zero-order chi connectivity index (χ0) is 38.6. The number of likely N-dealkylation sites (N-methyl/N-ethyl adjacent to an activating group) is 1. The van der Waals surface area contributed by atoms with E-state index in [1.807, 2.05) is 20.9 Å². The molecule has 0 unspecified atom stereocenters. The van der Waals surface area contributed by atoms with Crippen molar-refractivity contribution in [2.24, 2.45) is 7.05 Å². The van der Waals surface area contributed by atoms with Gasteiger partial charge < -0.3 is 19.7 Å². The number of sulfonamides is 1. The Balaban J connectivity index is 0.000000327. The fourth-order valence-electron chi connectivity index (χ4n) is 6.44. The first-order chi connectivity index (χ1) is 25.5. The molecule has 296 valence electrons. The van der Waals surface area contributed by atoms with Gasteiger partial charge >= 0.3 is 5.97 Å². The number of carbonyl (C=O) groups is 1. The number of piperazine rings is 1. The molecule has 13 heteroatoms. The number of benzene rings is 1. The SMILES string of the molecule is CCCCCCCCC=CCCCCCCCC(=O)O.CCCc1nn(C)c2c(=O)[nH]c(-c3cc(S(=O)(=O)N4CCN(C)CC4)ccc3OCC)nc12. The van der Waals surface area contributed by atoms with E-state index in [4.69, 9.17) is 14.8 Å². The number of hydrogen-bond acceptors (Lipinski definition) is 8. The number of unbranched alkanes of at least 4 members (excludes halogenated alkanes) is 11. The van der Waals surface area contributed by atoms with Crippen LogP contribution in [0.25, 0.3) is 22.4 Å². The van der Waals surface area contributed by atoms with Crippen LogP contribution in [0.4, 0.5) is 0 Å². The molecule has 1 aromatic carbocycles. The Labute approximate surface area is 317 Å². The summed E-state index contributed by atoms with van der Waals surface area (Å²) in [6.07, 6.45) is 22.8. The number of nitrogens with one attached hydrogen (secondary N) is 1. The van der Waals surface area contributed by atoms with E-state index in [1.54, 1.807) is 25.2 Å². The summed E-state index contributed by atoms with van der Waals surface area (Å²) in [6, 6.07) is 4.71. The lowest BCUT2D eigenvalue weighted by Gasteiger charge is -2.31. The molecule has 53 heavy (non-hydrogen) atoms. The lowest BCUT2D eigenvalue weighted by Crippen LogP contribution is -2.47. The molecule has 0 atom stereocenters. The second kappa shape index (κ2) is 23.3. The third kappa shape index (κ3) is 14.0. The molecule has 1 aliphatic heterocycles. The van der Waals surface area contributed by atoms with Crippen LogP contribution in [0.2, 0.25) is 0 Å². The highest BCUT2D eigenvalue weighted by Crippen LogP contribution is 2.32. The van der Waals surface area contributed by atoms with Gasteiger partial charge in [0.1, 0.15) is 17.1 Å². The zero-order valence-electron chi connectivity index (χ0n) is 32.9. The summed E-state index contributed by atoms with van der Waals surface area (Å²) in [4.78, 5) is 33.0. The van der Waals surface area contributed by atoms with Gasteiger partial charge in [0.2, 0.25) is 10.0 Å². The summed E-state index contributed by atoms with van der Waals surface area (Å²) in [7, 11) is -0.00831. The van der Waals surface area contributed by atoms with E-state index < -0.39 is 16.0 Å². The van der Waals surface area contributed by atoms with Crippen LogP contribution in [-0.4, -0.2) is 88.3 Å². The number of hydrogen-bond donors (Lipinski definition) is 2. The second-order valence-corrected chi connectivity index (χ2v) is 15.9. The van der Waals surface area contributed by atoms with Crippen LogP contribution in [0.5, 0.6) is 5.75 Å². The molecule has 3 aromatic rings. The summed E-state index contributed by atoms with van der Waals surface area (Å²) in [6.45, 7) is 8.74. The predicted octanol–water partition coefficient (Wildman–Crippen LogP) is 7.72. The van der Waals surface area contributed by atoms with Crippen molar-refractivity contribution in [3.63, 3.8) is 0 Å². The standard InChI is InChI=1S/C22H30N6O4S.C18H34O2/c1-5-7-17-19-20(27(4)25-17)22(29)24-21(23-19)16-14-15(8-9-18(16)32-6-2)33(30,31)28-12-10-26(3)11-13-28;1-2-3-4-5-6-7-8-9-10-11-12-13-14-15-16-17-18(19)20/h8-9,14H,5-7,10-13H2,1-4H3,(H,23,24,29);9-10H,2-8,11-17H2,1H3,(H,19,20). The Morgan fingerprint density at radius 1 is 0.887 bits per heavy atom. The van der Waals surface area contributed by atoms with Crippen LogP contribution in [0.1, 0.15) is 123 Å². The molecule has 1 saturated heterocycles. The Morgan fingerprint density at radius 3 is 2.11 bits per heavy atom. The van der Waals surface area contributed by atoms with Crippen LogP contribution < -0.4 is 10.3 Å². The number of carboxylic acids is 1. The van der Waals surface area contributed by atoms with Gasteiger partial charge in [-0.3, -0.25) is 14.3 Å². The van der Waals surface area contributed by atoms with E-state index in [0.29, 0.717) is 68.0 Å². The predicted molar refractivity (Wildman–Crippen MR) is 213 cm³/mol. The average molecular weight is 757 g/mol. The number of fused-ring (bicyclic) bond motifs is 1. The molecule has 3 heterocycles. The number of rotatable bonds is 22. The molecule has 0 aliphatic carbocycles. The monoisotopic (exact) mass is 756 g/mol. The zero-order valence-corrected chi connectivity index (χ0v) is 33.7. The lowest BCUT2D eigenvalue weighted by atomic mass is 10.1. The van der Waals surface area contributed by atoms with Gasteiger partial charge in [-0.1, -0.05) is 83.8 Å². The van der Waals surface area contributed by atoms with Gasteiger partial charge in [-0.05, 0) is 70.7 Å². The highest BCUT2D eigenvalue weighted by Gasteiger charge is 2.29. The van der Waals surface area contributed by atoms with Crippen molar-refractivity contribution in [2.75, 3.05) is 39.8 Å². The number of carboxylic acid groups (broad SMARTS) is 1. The fourth-order valence-corrected chi connectivity index (χ4v) is 7.89. The van der Waals surface area contributed by atoms with Crippen LogP contribution in [0.3, 0.4) is 0 Å². The molecule has 2 N–H and O–H groups in total. The number of nitrogens with zero attached hydrogens (tertiary/aromatic N) is 5. The first kappa shape index (κ1) is 43.9. The Hall–Kier alpha value is -3.55.